The van der Waals surface area contributed by atoms with Crippen LogP contribution in [0, 0.1) is 0 Å². The minimum atomic E-state index is 0.186. The maximum Gasteiger partial charge on any atom is 0.174 e. The van der Waals surface area contributed by atoms with Crippen LogP contribution in [0.2, 0.25) is 5.02 Å². The van der Waals surface area contributed by atoms with Crippen molar-refractivity contribution < 1.29 is 9.47 Å². The van der Waals surface area contributed by atoms with Gasteiger partial charge in [-0.05, 0) is 36.7 Å². The highest BCUT2D eigenvalue weighted by molar-refractivity contribution is 7.80. The van der Waals surface area contributed by atoms with Gasteiger partial charge >= 0.3 is 0 Å². The van der Waals surface area contributed by atoms with Crippen LogP contribution in [0.15, 0.2) is 36.4 Å². The van der Waals surface area contributed by atoms with Gasteiger partial charge in [0.15, 0.2) is 5.11 Å². The number of rotatable bonds is 4. The lowest BCUT2D eigenvalue weighted by Crippen LogP contribution is -2.42. The standard InChI is InChI=1S/C22H24ClN3O2S/c1-4-18-21-14(13-7-5-6-8-16(13)24-21)9-10-26(18)22(29)25-17-12-19(27-2)15(23)11-20(17)28-3/h5-8,11-12,18,24H,4,9-10H2,1-3H3,(H,25,29). The molecule has 2 aromatic carbocycles. The fraction of sp³-hybridized carbons (Fsp3) is 0.318. The number of fused-ring (bicyclic) bond motifs is 3. The summed E-state index contributed by atoms with van der Waals surface area (Å²) in [6.45, 7) is 3.04. The zero-order valence-corrected chi connectivity index (χ0v) is 18.3. The molecular weight excluding hydrogens is 406 g/mol. The maximum absolute atomic E-state index is 6.23. The number of hydrogen-bond donors (Lipinski definition) is 2. The number of aromatic amines is 1. The molecule has 0 fully saturated rings. The van der Waals surface area contributed by atoms with E-state index in [0.29, 0.717) is 21.6 Å². The summed E-state index contributed by atoms with van der Waals surface area (Å²) in [6.07, 6.45) is 1.89. The van der Waals surface area contributed by atoms with E-state index >= 15 is 0 Å². The molecule has 3 aromatic rings. The third-order valence-electron chi connectivity index (χ3n) is 5.52. The van der Waals surface area contributed by atoms with Crippen molar-refractivity contribution in [3.8, 4) is 11.5 Å². The number of halogens is 1. The number of para-hydroxylation sites is 1. The van der Waals surface area contributed by atoms with E-state index in [-0.39, 0.29) is 6.04 Å². The van der Waals surface area contributed by atoms with E-state index in [2.05, 4.69) is 46.4 Å². The van der Waals surface area contributed by atoms with Crippen LogP contribution in [-0.2, 0) is 6.42 Å². The van der Waals surface area contributed by atoms with Crippen molar-refractivity contribution in [3.05, 3.63) is 52.7 Å². The summed E-state index contributed by atoms with van der Waals surface area (Å²) in [5.41, 5.74) is 4.57. The SMILES string of the molecule is CCC1c2[nH]c3ccccc3c2CCN1C(=S)Nc1cc(OC)c(Cl)cc1OC. The Morgan fingerprint density at radius 2 is 2.00 bits per heavy atom. The summed E-state index contributed by atoms with van der Waals surface area (Å²) >= 11 is 12.0. The monoisotopic (exact) mass is 429 g/mol. The van der Waals surface area contributed by atoms with Crippen molar-refractivity contribution in [2.45, 2.75) is 25.8 Å². The average molecular weight is 430 g/mol. The van der Waals surface area contributed by atoms with Crippen LogP contribution in [0.1, 0.15) is 30.6 Å². The summed E-state index contributed by atoms with van der Waals surface area (Å²) in [6, 6.07) is 12.2. The molecule has 2 heterocycles. The van der Waals surface area contributed by atoms with Crippen LogP contribution in [0.25, 0.3) is 10.9 Å². The zero-order valence-electron chi connectivity index (χ0n) is 16.7. The topological polar surface area (TPSA) is 49.5 Å². The molecule has 0 radical (unpaired) electrons. The zero-order chi connectivity index (χ0) is 20.5. The van der Waals surface area contributed by atoms with Crippen molar-refractivity contribution >= 4 is 45.5 Å². The molecular formula is C22H24ClN3O2S. The number of thiocarbonyl (C=S) groups is 1. The number of H-pyrrole nitrogens is 1. The van der Waals surface area contributed by atoms with Gasteiger partial charge in [0, 0.05) is 35.3 Å². The highest BCUT2D eigenvalue weighted by Gasteiger charge is 2.31. The highest BCUT2D eigenvalue weighted by atomic mass is 35.5. The molecule has 152 valence electrons. The third kappa shape index (κ3) is 3.51. The second-order valence-corrected chi connectivity index (χ2v) is 7.84. The smallest absolute Gasteiger partial charge is 0.174 e. The predicted molar refractivity (Wildman–Crippen MR) is 123 cm³/mol. The molecule has 1 atom stereocenters. The molecule has 29 heavy (non-hydrogen) atoms. The van der Waals surface area contributed by atoms with Gasteiger partial charge in [-0.3, -0.25) is 0 Å². The van der Waals surface area contributed by atoms with E-state index in [4.69, 9.17) is 33.3 Å². The van der Waals surface area contributed by atoms with Crippen LogP contribution in [-0.4, -0.2) is 35.8 Å². The van der Waals surface area contributed by atoms with Crippen LogP contribution in [0.3, 0.4) is 0 Å². The molecule has 7 heteroatoms. The van der Waals surface area contributed by atoms with Gasteiger partial charge in [-0.15, -0.1) is 0 Å². The molecule has 0 aliphatic carbocycles. The van der Waals surface area contributed by atoms with Crippen LogP contribution in [0.4, 0.5) is 5.69 Å². The summed E-state index contributed by atoms with van der Waals surface area (Å²) in [5, 5.41) is 5.80. The largest absolute Gasteiger partial charge is 0.495 e. The van der Waals surface area contributed by atoms with Gasteiger partial charge in [-0.2, -0.15) is 0 Å². The molecule has 0 bridgehead atoms. The van der Waals surface area contributed by atoms with Crippen molar-refractivity contribution in [3.63, 3.8) is 0 Å². The first-order valence-electron chi connectivity index (χ1n) is 9.66. The number of hydrogen-bond acceptors (Lipinski definition) is 3. The molecule has 4 rings (SSSR count). The third-order valence-corrected chi connectivity index (χ3v) is 6.15. The van der Waals surface area contributed by atoms with Crippen LogP contribution in [0.5, 0.6) is 11.5 Å². The van der Waals surface area contributed by atoms with Gasteiger partial charge < -0.3 is 24.7 Å². The highest BCUT2D eigenvalue weighted by Crippen LogP contribution is 2.39. The minimum Gasteiger partial charge on any atom is -0.495 e. The molecule has 0 saturated carbocycles. The molecule has 1 aromatic heterocycles. The number of anilines is 1. The molecule has 0 spiro atoms. The summed E-state index contributed by atoms with van der Waals surface area (Å²) in [5.74, 6) is 1.19. The predicted octanol–water partition coefficient (Wildman–Crippen LogP) is 5.54. The molecule has 5 nitrogen and oxygen atoms in total. The lowest BCUT2D eigenvalue weighted by Gasteiger charge is -2.37. The Balaban J connectivity index is 1.64. The Bertz CT molecular complexity index is 1070. The average Bonchev–Trinajstić information content (AvgIpc) is 3.12. The maximum atomic E-state index is 6.23. The van der Waals surface area contributed by atoms with Crippen molar-refractivity contribution in [2.24, 2.45) is 0 Å². The first kappa shape index (κ1) is 19.9. The van der Waals surface area contributed by atoms with E-state index in [1.165, 1.54) is 22.2 Å². The Morgan fingerprint density at radius 3 is 2.72 bits per heavy atom. The number of aromatic nitrogens is 1. The van der Waals surface area contributed by atoms with Crippen LogP contribution < -0.4 is 14.8 Å². The fourth-order valence-corrected chi connectivity index (χ4v) is 4.69. The lowest BCUT2D eigenvalue weighted by molar-refractivity contribution is 0.291. The number of ether oxygens (including phenoxy) is 2. The number of methoxy groups -OCH3 is 2. The van der Waals surface area contributed by atoms with E-state index in [9.17, 15) is 0 Å². The molecule has 1 aliphatic rings. The molecule has 0 amide bonds. The first-order valence-corrected chi connectivity index (χ1v) is 10.4. The Morgan fingerprint density at radius 1 is 1.24 bits per heavy atom. The molecule has 0 saturated heterocycles. The summed E-state index contributed by atoms with van der Waals surface area (Å²) < 4.78 is 10.8. The second kappa shape index (κ2) is 8.13. The quantitative estimate of drug-likeness (QED) is 0.533. The lowest BCUT2D eigenvalue weighted by atomic mass is 9.96. The van der Waals surface area contributed by atoms with Gasteiger partial charge in [0.25, 0.3) is 0 Å². The fourth-order valence-electron chi connectivity index (χ4n) is 4.13. The molecule has 1 aliphatic heterocycles. The van der Waals surface area contributed by atoms with Crippen molar-refractivity contribution in [1.82, 2.24) is 9.88 Å². The van der Waals surface area contributed by atoms with Crippen molar-refractivity contribution in [2.75, 3.05) is 26.1 Å². The normalized spacial score (nSPS) is 15.9. The summed E-state index contributed by atoms with van der Waals surface area (Å²) in [4.78, 5) is 5.87. The van der Waals surface area contributed by atoms with Gasteiger partial charge in [0.1, 0.15) is 11.5 Å². The van der Waals surface area contributed by atoms with E-state index < -0.39 is 0 Å². The molecule has 1 unspecified atom stereocenters. The van der Waals surface area contributed by atoms with Crippen molar-refractivity contribution in [1.29, 1.82) is 0 Å². The number of nitrogens with zero attached hydrogens (tertiary/aromatic N) is 1. The molecule has 2 N–H and O–H groups in total. The number of benzene rings is 2. The number of nitrogens with one attached hydrogen (secondary N) is 2. The van der Waals surface area contributed by atoms with E-state index in [0.717, 1.165) is 25.1 Å². The summed E-state index contributed by atoms with van der Waals surface area (Å²) in [7, 11) is 3.20. The Labute approximate surface area is 180 Å². The van der Waals surface area contributed by atoms with Gasteiger partial charge in [0.2, 0.25) is 0 Å². The first-order chi connectivity index (χ1) is 14.1. The van der Waals surface area contributed by atoms with Gasteiger partial charge in [-0.25, -0.2) is 0 Å². The van der Waals surface area contributed by atoms with Gasteiger partial charge in [0.05, 0.1) is 31.0 Å². The Hall–Kier alpha value is -2.44. The Kier molecular flexibility index (Phi) is 5.56. The van der Waals surface area contributed by atoms with E-state index in [1.807, 2.05) is 6.07 Å². The van der Waals surface area contributed by atoms with Gasteiger partial charge in [-0.1, -0.05) is 36.7 Å². The van der Waals surface area contributed by atoms with Crippen LogP contribution >= 0.6 is 23.8 Å². The minimum absolute atomic E-state index is 0.186. The second-order valence-electron chi connectivity index (χ2n) is 7.05. The van der Waals surface area contributed by atoms with E-state index in [1.54, 1.807) is 20.3 Å².